The molecular weight excluding hydrogens is 335 g/mol. The van der Waals surface area contributed by atoms with Gasteiger partial charge < -0.3 is 19.3 Å². The topological polar surface area (TPSA) is 99.1 Å². The fourth-order valence-corrected chi connectivity index (χ4v) is 4.25. The molecule has 140 valence electrons. The SMILES string of the molecule is O=C(OCCOC(=O)C12CC1CC(F)C2C(=O)O)OC1CCCCC1. The zero-order valence-corrected chi connectivity index (χ0v) is 13.9. The number of esters is 1. The van der Waals surface area contributed by atoms with E-state index in [9.17, 15) is 18.8 Å². The number of carboxylic acid groups (broad SMARTS) is 1. The Kier molecular flexibility index (Phi) is 5.15. The van der Waals surface area contributed by atoms with Gasteiger partial charge in [-0.05, 0) is 44.4 Å². The highest BCUT2D eigenvalue weighted by atomic mass is 19.1. The Balaban J connectivity index is 1.38. The third-order valence-corrected chi connectivity index (χ3v) is 5.58. The normalized spacial score (nSPS) is 34.0. The molecule has 0 spiro atoms. The lowest BCUT2D eigenvalue weighted by molar-refractivity contribution is -0.161. The van der Waals surface area contributed by atoms with Crippen molar-refractivity contribution >= 4 is 18.1 Å². The molecule has 3 aliphatic carbocycles. The van der Waals surface area contributed by atoms with E-state index in [1.54, 1.807) is 0 Å². The number of hydrogen-bond donors (Lipinski definition) is 1. The molecule has 0 bridgehead atoms. The summed E-state index contributed by atoms with van der Waals surface area (Å²) in [5, 5.41) is 9.16. The van der Waals surface area contributed by atoms with Crippen LogP contribution in [0.1, 0.15) is 44.9 Å². The van der Waals surface area contributed by atoms with E-state index in [0.29, 0.717) is 6.42 Å². The first kappa shape index (κ1) is 17.9. The molecule has 8 heteroatoms. The molecule has 3 saturated carbocycles. The summed E-state index contributed by atoms with van der Waals surface area (Å²) < 4.78 is 28.8. The van der Waals surface area contributed by atoms with Crippen LogP contribution < -0.4 is 0 Å². The summed E-state index contributed by atoms with van der Waals surface area (Å²) in [6, 6.07) is 0. The van der Waals surface area contributed by atoms with Gasteiger partial charge in [0.05, 0.1) is 5.41 Å². The van der Waals surface area contributed by atoms with Crippen LogP contribution in [0.4, 0.5) is 9.18 Å². The molecule has 3 aliphatic rings. The van der Waals surface area contributed by atoms with Crippen LogP contribution in [0.5, 0.6) is 0 Å². The van der Waals surface area contributed by atoms with E-state index in [4.69, 9.17) is 19.3 Å². The lowest BCUT2D eigenvalue weighted by Crippen LogP contribution is -2.36. The van der Waals surface area contributed by atoms with Gasteiger partial charge in [-0.3, -0.25) is 9.59 Å². The first-order valence-corrected chi connectivity index (χ1v) is 8.82. The third-order valence-electron chi connectivity index (χ3n) is 5.58. The fourth-order valence-electron chi connectivity index (χ4n) is 4.25. The van der Waals surface area contributed by atoms with Crippen LogP contribution in [0.3, 0.4) is 0 Å². The van der Waals surface area contributed by atoms with Gasteiger partial charge in [0.2, 0.25) is 0 Å². The quantitative estimate of drug-likeness (QED) is 0.575. The van der Waals surface area contributed by atoms with Gasteiger partial charge in [0.15, 0.2) is 0 Å². The van der Waals surface area contributed by atoms with Gasteiger partial charge in [0.25, 0.3) is 0 Å². The van der Waals surface area contributed by atoms with E-state index >= 15 is 0 Å². The second-order valence-electron chi connectivity index (χ2n) is 7.12. The van der Waals surface area contributed by atoms with Crippen molar-refractivity contribution in [2.75, 3.05) is 13.2 Å². The van der Waals surface area contributed by atoms with E-state index in [1.807, 2.05) is 0 Å². The van der Waals surface area contributed by atoms with Gasteiger partial charge >= 0.3 is 18.1 Å². The molecule has 7 nitrogen and oxygen atoms in total. The van der Waals surface area contributed by atoms with Crippen molar-refractivity contribution in [1.29, 1.82) is 0 Å². The Morgan fingerprint density at radius 2 is 1.76 bits per heavy atom. The molecule has 4 atom stereocenters. The molecule has 0 saturated heterocycles. The minimum absolute atomic E-state index is 0.0796. The molecule has 0 aromatic rings. The Labute approximate surface area is 144 Å². The molecule has 4 unspecified atom stereocenters. The van der Waals surface area contributed by atoms with Crippen molar-refractivity contribution in [2.45, 2.75) is 57.2 Å². The number of carboxylic acids is 1. The summed E-state index contributed by atoms with van der Waals surface area (Å²) in [7, 11) is 0. The molecule has 0 aliphatic heterocycles. The Morgan fingerprint density at radius 1 is 1.08 bits per heavy atom. The van der Waals surface area contributed by atoms with E-state index in [2.05, 4.69) is 0 Å². The minimum atomic E-state index is -1.52. The summed E-state index contributed by atoms with van der Waals surface area (Å²) in [6.07, 6.45) is 2.84. The molecule has 0 radical (unpaired) electrons. The van der Waals surface area contributed by atoms with Crippen LogP contribution in [0.25, 0.3) is 0 Å². The summed E-state index contributed by atoms with van der Waals surface area (Å²) in [6.45, 7) is -0.370. The van der Waals surface area contributed by atoms with Crippen molar-refractivity contribution in [2.24, 2.45) is 17.3 Å². The van der Waals surface area contributed by atoms with Gasteiger partial charge in [-0.25, -0.2) is 9.18 Å². The molecule has 25 heavy (non-hydrogen) atoms. The highest BCUT2D eigenvalue weighted by Crippen LogP contribution is 2.67. The highest BCUT2D eigenvalue weighted by molar-refractivity contribution is 5.89. The second-order valence-corrected chi connectivity index (χ2v) is 7.12. The third kappa shape index (κ3) is 3.57. The number of halogens is 1. The van der Waals surface area contributed by atoms with Gasteiger partial charge in [-0.15, -0.1) is 0 Å². The standard InChI is InChI=1S/C17H23FO7/c18-12-8-10-9-17(10,13(12)14(19)20)15(21)23-6-7-24-16(22)25-11-4-2-1-3-5-11/h10-13H,1-9H2,(H,19,20). The van der Waals surface area contributed by atoms with Crippen molar-refractivity contribution in [3.05, 3.63) is 0 Å². The monoisotopic (exact) mass is 358 g/mol. The lowest BCUT2D eigenvalue weighted by atomic mass is 9.89. The highest BCUT2D eigenvalue weighted by Gasteiger charge is 2.74. The summed E-state index contributed by atoms with van der Waals surface area (Å²) >= 11 is 0. The van der Waals surface area contributed by atoms with Gasteiger partial charge in [-0.2, -0.15) is 0 Å². The number of fused-ring (bicyclic) bond motifs is 1. The smallest absolute Gasteiger partial charge is 0.481 e. The molecule has 0 heterocycles. The Morgan fingerprint density at radius 3 is 2.44 bits per heavy atom. The number of rotatable bonds is 6. The van der Waals surface area contributed by atoms with Crippen LogP contribution in [-0.2, 0) is 23.8 Å². The fraction of sp³-hybridized carbons (Fsp3) is 0.824. The number of carbonyl (C=O) groups excluding carboxylic acids is 2. The van der Waals surface area contributed by atoms with Crippen molar-refractivity contribution in [3.8, 4) is 0 Å². The average molecular weight is 358 g/mol. The van der Waals surface area contributed by atoms with Gasteiger partial charge in [-0.1, -0.05) is 6.42 Å². The summed E-state index contributed by atoms with van der Waals surface area (Å²) in [5.41, 5.74) is -1.24. The molecule has 0 aromatic heterocycles. The molecule has 1 N–H and O–H groups in total. The summed E-state index contributed by atoms with van der Waals surface area (Å²) in [5.74, 6) is -3.64. The van der Waals surface area contributed by atoms with E-state index in [-0.39, 0.29) is 31.7 Å². The number of alkyl halides is 1. The van der Waals surface area contributed by atoms with Crippen molar-refractivity contribution < 1.29 is 38.1 Å². The van der Waals surface area contributed by atoms with Crippen LogP contribution in [0, 0.1) is 17.3 Å². The zero-order valence-electron chi connectivity index (χ0n) is 13.9. The molecule has 3 rings (SSSR count). The van der Waals surface area contributed by atoms with Crippen LogP contribution in [-0.4, -0.2) is 48.7 Å². The first-order valence-electron chi connectivity index (χ1n) is 8.82. The number of ether oxygens (including phenoxy) is 3. The number of aliphatic carboxylic acids is 1. The van der Waals surface area contributed by atoms with Crippen molar-refractivity contribution in [3.63, 3.8) is 0 Å². The molecule has 0 aromatic carbocycles. The predicted octanol–water partition coefficient (Wildman–Crippen LogP) is 2.46. The van der Waals surface area contributed by atoms with Crippen molar-refractivity contribution in [1.82, 2.24) is 0 Å². The maximum atomic E-state index is 13.8. The second kappa shape index (κ2) is 7.17. The number of carbonyl (C=O) groups is 3. The van der Waals surface area contributed by atoms with Crippen LogP contribution in [0.15, 0.2) is 0 Å². The molecular formula is C17H23FO7. The predicted molar refractivity (Wildman–Crippen MR) is 81.4 cm³/mol. The van der Waals surface area contributed by atoms with E-state index in [1.165, 1.54) is 0 Å². The maximum absolute atomic E-state index is 13.8. The van der Waals surface area contributed by atoms with E-state index in [0.717, 1.165) is 32.1 Å². The first-order chi connectivity index (χ1) is 11.9. The number of hydrogen-bond acceptors (Lipinski definition) is 6. The molecule has 3 fully saturated rings. The van der Waals surface area contributed by atoms with Crippen LogP contribution >= 0.6 is 0 Å². The minimum Gasteiger partial charge on any atom is -0.481 e. The average Bonchev–Trinajstić information content (AvgIpc) is 3.18. The Bertz CT molecular complexity index is 545. The van der Waals surface area contributed by atoms with Gasteiger partial charge in [0, 0.05) is 0 Å². The lowest BCUT2D eigenvalue weighted by Gasteiger charge is -2.21. The van der Waals surface area contributed by atoms with Gasteiger partial charge in [0.1, 0.15) is 31.4 Å². The van der Waals surface area contributed by atoms with E-state index < -0.39 is 35.6 Å². The maximum Gasteiger partial charge on any atom is 0.508 e. The summed E-state index contributed by atoms with van der Waals surface area (Å²) in [4.78, 5) is 35.0. The molecule has 0 amide bonds. The Hall–Kier alpha value is -1.86. The zero-order chi connectivity index (χ0) is 18.0. The van der Waals surface area contributed by atoms with Crippen LogP contribution in [0.2, 0.25) is 0 Å². The largest absolute Gasteiger partial charge is 0.508 e.